The first-order valence-electron chi connectivity index (χ1n) is 9.45. The van der Waals surface area contributed by atoms with Crippen LogP contribution in [0.4, 0.5) is 10.5 Å². The Morgan fingerprint density at radius 3 is 2.68 bits per heavy atom. The van der Waals surface area contributed by atoms with E-state index in [0.717, 1.165) is 30.8 Å². The second kappa shape index (κ2) is 7.75. The van der Waals surface area contributed by atoms with Crippen molar-refractivity contribution < 1.29 is 9.53 Å². The van der Waals surface area contributed by atoms with Crippen LogP contribution in [0.2, 0.25) is 0 Å². The van der Waals surface area contributed by atoms with Gasteiger partial charge in [-0.05, 0) is 57.7 Å². The molecule has 0 unspecified atom stereocenters. The first kappa shape index (κ1) is 18.2. The van der Waals surface area contributed by atoms with Gasteiger partial charge in [0.05, 0.1) is 6.10 Å². The smallest absolute Gasteiger partial charge is 0.321 e. The summed E-state index contributed by atoms with van der Waals surface area (Å²) >= 11 is 0. The van der Waals surface area contributed by atoms with E-state index >= 15 is 0 Å². The molecule has 138 valence electrons. The van der Waals surface area contributed by atoms with Gasteiger partial charge in [0.15, 0.2) is 0 Å². The molecule has 2 aliphatic heterocycles. The molecule has 2 heterocycles. The van der Waals surface area contributed by atoms with Crippen LogP contribution in [0.15, 0.2) is 24.3 Å². The van der Waals surface area contributed by atoms with Crippen molar-refractivity contribution in [3.8, 4) is 0 Å². The number of carbonyl (C=O) groups is 1. The number of carbonyl (C=O) groups excluding carboxylic acids is 1. The van der Waals surface area contributed by atoms with Gasteiger partial charge in [0.2, 0.25) is 0 Å². The van der Waals surface area contributed by atoms with Crippen molar-refractivity contribution in [1.29, 1.82) is 0 Å². The summed E-state index contributed by atoms with van der Waals surface area (Å²) in [6.07, 6.45) is 3.57. The second-order valence-electron chi connectivity index (χ2n) is 7.59. The Kier molecular flexibility index (Phi) is 5.64. The molecule has 0 aromatic heterocycles. The number of rotatable bonds is 4. The molecule has 2 saturated heterocycles. The molecule has 25 heavy (non-hydrogen) atoms. The number of methoxy groups -OCH3 is 1. The average molecular weight is 345 g/mol. The third kappa shape index (κ3) is 3.98. The monoisotopic (exact) mass is 345 g/mol. The maximum absolute atomic E-state index is 12.8. The van der Waals surface area contributed by atoms with Crippen molar-refractivity contribution in [2.75, 3.05) is 25.5 Å². The molecule has 0 aliphatic carbocycles. The molecular formula is C20H31N3O2. The lowest BCUT2D eigenvalue weighted by atomic mass is 10.1. The quantitative estimate of drug-likeness (QED) is 0.901. The molecule has 1 aromatic rings. The van der Waals surface area contributed by atoms with Gasteiger partial charge in [0.1, 0.15) is 0 Å². The fourth-order valence-electron chi connectivity index (χ4n) is 4.35. The lowest BCUT2D eigenvalue weighted by Crippen LogP contribution is -2.45. The van der Waals surface area contributed by atoms with Gasteiger partial charge in [0.25, 0.3) is 0 Å². The van der Waals surface area contributed by atoms with E-state index in [0.29, 0.717) is 18.1 Å². The van der Waals surface area contributed by atoms with Gasteiger partial charge in [-0.3, -0.25) is 4.90 Å². The first-order chi connectivity index (χ1) is 12.0. The standard InChI is InChI=1S/C20H31N3O2/c1-14(2)23-18-8-9-19(23)13-22(11-10-18)20(24)21-17-7-5-6-16(12-17)15(3)25-4/h5-7,12,14-15,18-19H,8-11,13H2,1-4H3,(H,21,24)/t15-,18-,19+/m1/s1. The molecule has 2 bridgehead atoms. The SMILES string of the molecule is CO[C@H](C)c1cccc(NC(=O)N2CC[C@H]3CC[C@@H](C2)N3C(C)C)c1. The van der Waals surface area contributed by atoms with Crippen LogP contribution in [0.3, 0.4) is 0 Å². The number of ether oxygens (including phenoxy) is 1. The van der Waals surface area contributed by atoms with Crippen LogP contribution in [0.1, 0.15) is 51.7 Å². The van der Waals surface area contributed by atoms with E-state index in [2.05, 4.69) is 24.1 Å². The molecule has 5 heteroatoms. The zero-order valence-corrected chi connectivity index (χ0v) is 15.9. The average Bonchev–Trinajstić information content (AvgIpc) is 2.88. The van der Waals surface area contributed by atoms with Crippen LogP contribution in [-0.4, -0.2) is 54.2 Å². The molecule has 1 N–H and O–H groups in total. The van der Waals surface area contributed by atoms with E-state index in [1.807, 2.05) is 36.1 Å². The minimum Gasteiger partial charge on any atom is -0.377 e. The maximum Gasteiger partial charge on any atom is 0.321 e. The van der Waals surface area contributed by atoms with Gasteiger partial charge in [-0.2, -0.15) is 0 Å². The lowest BCUT2D eigenvalue weighted by molar-refractivity contribution is 0.119. The van der Waals surface area contributed by atoms with Crippen molar-refractivity contribution in [2.45, 2.75) is 64.3 Å². The fourth-order valence-corrected chi connectivity index (χ4v) is 4.35. The Hall–Kier alpha value is -1.59. The predicted molar refractivity (Wildman–Crippen MR) is 101 cm³/mol. The minimum absolute atomic E-state index is 0.0125. The number of fused-ring (bicyclic) bond motifs is 2. The van der Waals surface area contributed by atoms with Gasteiger partial charge in [-0.25, -0.2) is 4.79 Å². The summed E-state index contributed by atoms with van der Waals surface area (Å²) in [5.41, 5.74) is 1.91. The summed E-state index contributed by atoms with van der Waals surface area (Å²) in [4.78, 5) is 17.4. The van der Waals surface area contributed by atoms with Crippen LogP contribution in [0, 0.1) is 0 Å². The highest BCUT2D eigenvalue weighted by Crippen LogP contribution is 2.32. The molecule has 0 spiro atoms. The summed E-state index contributed by atoms with van der Waals surface area (Å²) in [5.74, 6) is 0. The van der Waals surface area contributed by atoms with E-state index in [4.69, 9.17) is 4.74 Å². The normalized spacial score (nSPS) is 25.1. The molecule has 0 radical (unpaired) electrons. The molecule has 3 rings (SSSR count). The molecule has 5 nitrogen and oxygen atoms in total. The number of nitrogens with zero attached hydrogens (tertiary/aromatic N) is 2. The van der Waals surface area contributed by atoms with Gasteiger partial charge in [-0.1, -0.05) is 12.1 Å². The number of amides is 2. The summed E-state index contributed by atoms with van der Waals surface area (Å²) in [6, 6.07) is 9.61. The van der Waals surface area contributed by atoms with Gasteiger partial charge >= 0.3 is 6.03 Å². The summed E-state index contributed by atoms with van der Waals surface area (Å²) in [5, 5.41) is 3.08. The highest BCUT2D eigenvalue weighted by atomic mass is 16.5. The molecular weight excluding hydrogens is 314 g/mol. The van der Waals surface area contributed by atoms with Crippen molar-refractivity contribution in [2.24, 2.45) is 0 Å². The number of hydrogen-bond donors (Lipinski definition) is 1. The number of hydrogen-bond acceptors (Lipinski definition) is 3. The Morgan fingerprint density at radius 2 is 1.96 bits per heavy atom. The van der Waals surface area contributed by atoms with Crippen LogP contribution in [0.25, 0.3) is 0 Å². The van der Waals surface area contributed by atoms with Crippen molar-refractivity contribution >= 4 is 11.7 Å². The van der Waals surface area contributed by atoms with E-state index in [1.54, 1.807) is 7.11 Å². The summed E-state index contributed by atoms with van der Waals surface area (Å²) < 4.78 is 5.37. The Morgan fingerprint density at radius 1 is 1.20 bits per heavy atom. The van der Waals surface area contributed by atoms with Crippen LogP contribution >= 0.6 is 0 Å². The Balaban J connectivity index is 1.66. The molecule has 2 amide bonds. The predicted octanol–water partition coefficient (Wildman–Crippen LogP) is 3.87. The van der Waals surface area contributed by atoms with Crippen molar-refractivity contribution in [3.05, 3.63) is 29.8 Å². The van der Waals surface area contributed by atoms with E-state index in [-0.39, 0.29) is 12.1 Å². The second-order valence-corrected chi connectivity index (χ2v) is 7.59. The third-order valence-electron chi connectivity index (χ3n) is 5.68. The Bertz CT molecular complexity index is 604. The number of benzene rings is 1. The zero-order chi connectivity index (χ0) is 18.0. The van der Waals surface area contributed by atoms with Crippen LogP contribution < -0.4 is 5.32 Å². The molecule has 2 fully saturated rings. The van der Waals surface area contributed by atoms with Crippen molar-refractivity contribution in [3.63, 3.8) is 0 Å². The largest absolute Gasteiger partial charge is 0.377 e. The van der Waals surface area contributed by atoms with Crippen LogP contribution in [0.5, 0.6) is 0 Å². The number of anilines is 1. The zero-order valence-electron chi connectivity index (χ0n) is 15.9. The topological polar surface area (TPSA) is 44.8 Å². The van der Waals surface area contributed by atoms with Crippen LogP contribution in [-0.2, 0) is 4.74 Å². The Labute approximate surface area is 151 Å². The summed E-state index contributed by atoms with van der Waals surface area (Å²) in [7, 11) is 1.70. The fraction of sp³-hybridized carbons (Fsp3) is 0.650. The first-order valence-corrected chi connectivity index (χ1v) is 9.45. The number of nitrogens with one attached hydrogen (secondary N) is 1. The highest BCUT2D eigenvalue weighted by molar-refractivity contribution is 5.89. The van der Waals surface area contributed by atoms with E-state index in [9.17, 15) is 4.79 Å². The van der Waals surface area contributed by atoms with Gasteiger partial charge in [0, 0.05) is 44.0 Å². The highest BCUT2D eigenvalue weighted by Gasteiger charge is 2.39. The van der Waals surface area contributed by atoms with E-state index in [1.165, 1.54) is 12.8 Å². The number of likely N-dealkylation sites (tertiary alicyclic amines) is 1. The third-order valence-corrected chi connectivity index (χ3v) is 5.68. The molecule has 2 aliphatic rings. The van der Waals surface area contributed by atoms with Gasteiger partial charge in [-0.15, -0.1) is 0 Å². The maximum atomic E-state index is 12.8. The van der Waals surface area contributed by atoms with Crippen molar-refractivity contribution in [1.82, 2.24) is 9.80 Å². The lowest BCUT2D eigenvalue weighted by Gasteiger charge is -2.32. The molecule has 1 aromatic carbocycles. The van der Waals surface area contributed by atoms with Gasteiger partial charge < -0.3 is 15.0 Å². The minimum atomic E-state index is 0.0125. The molecule has 3 atom stereocenters. The van der Waals surface area contributed by atoms with E-state index < -0.39 is 0 Å². The summed E-state index contributed by atoms with van der Waals surface area (Å²) in [6.45, 7) is 8.21. The molecule has 0 saturated carbocycles. The number of urea groups is 1.